The van der Waals surface area contributed by atoms with Gasteiger partial charge in [-0.2, -0.15) is 0 Å². The average molecular weight is 278 g/mol. The number of rotatable bonds is 7. The topological polar surface area (TPSA) is 49.5 Å². The summed E-state index contributed by atoms with van der Waals surface area (Å²) in [7, 11) is 0. The van der Waals surface area contributed by atoms with Crippen LogP contribution in [0.3, 0.4) is 0 Å². The molecule has 0 aliphatic heterocycles. The standard InChI is InChI=1S/C15H22N2OS/c16-15(19)14(12-5-2-1-3-6-12)11-17(9-10-18)13-7-4-8-13/h1-3,5-6,13-14,18H,4,7-11H2,(H2,16,19). The predicted octanol–water partition coefficient (Wildman–Crippen LogP) is 1.90. The van der Waals surface area contributed by atoms with E-state index in [0.29, 0.717) is 17.6 Å². The third-order valence-electron chi connectivity index (χ3n) is 3.94. The second-order valence-electron chi connectivity index (χ2n) is 5.17. The van der Waals surface area contributed by atoms with Crippen molar-refractivity contribution in [1.29, 1.82) is 0 Å². The number of aliphatic hydroxyl groups is 1. The lowest BCUT2D eigenvalue weighted by molar-refractivity contribution is 0.100. The van der Waals surface area contributed by atoms with Gasteiger partial charge in [-0.05, 0) is 18.4 Å². The average Bonchev–Trinajstić information content (AvgIpc) is 2.34. The van der Waals surface area contributed by atoms with Gasteiger partial charge >= 0.3 is 0 Å². The zero-order valence-electron chi connectivity index (χ0n) is 11.2. The summed E-state index contributed by atoms with van der Waals surface area (Å²) in [5, 5.41) is 9.22. The van der Waals surface area contributed by atoms with Gasteiger partial charge in [-0.15, -0.1) is 0 Å². The van der Waals surface area contributed by atoms with Crippen LogP contribution in [-0.4, -0.2) is 40.7 Å². The van der Waals surface area contributed by atoms with Gasteiger partial charge in [0.1, 0.15) is 0 Å². The summed E-state index contributed by atoms with van der Waals surface area (Å²) in [5.41, 5.74) is 7.08. The molecular weight excluding hydrogens is 256 g/mol. The number of benzene rings is 1. The summed E-state index contributed by atoms with van der Waals surface area (Å²) in [6.45, 7) is 1.70. The van der Waals surface area contributed by atoms with Crippen LogP contribution in [0.2, 0.25) is 0 Å². The van der Waals surface area contributed by atoms with E-state index in [0.717, 1.165) is 12.1 Å². The molecule has 0 radical (unpaired) electrons. The first kappa shape index (κ1) is 14.4. The van der Waals surface area contributed by atoms with Crippen molar-refractivity contribution in [3.05, 3.63) is 35.9 Å². The van der Waals surface area contributed by atoms with E-state index < -0.39 is 0 Å². The molecule has 4 heteroatoms. The Bertz CT molecular complexity index is 406. The molecule has 1 fully saturated rings. The smallest absolute Gasteiger partial charge is 0.0816 e. The fourth-order valence-corrected chi connectivity index (χ4v) is 2.79. The minimum atomic E-state index is 0.0725. The molecule has 0 bridgehead atoms. The summed E-state index contributed by atoms with van der Waals surface area (Å²) >= 11 is 5.23. The molecule has 1 aliphatic rings. The first-order valence-corrected chi connectivity index (χ1v) is 7.32. The van der Waals surface area contributed by atoms with Crippen LogP contribution in [0.15, 0.2) is 30.3 Å². The molecular formula is C15H22N2OS. The normalized spacial score (nSPS) is 17.2. The molecule has 1 atom stereocenters. The van der Waals surface area contributed by atoms with Crippen molar-refractivity contribution >= 4 is 17.2 Å². The fourth-order valence-electron chi connectivity index (χ4n) is 2.58. The zero-order chi connectivity index (χ0) is 13.7. The van der Waals surface area contributed by atoms with E-state index >= 15 is 0 Å². The second kappa shape index (κ2) is 6.98. The van der Waals surface area contributed by atoms with E-state index in [1.807, 2.05) is 18.2 Å². The molecule has 3 N–H and O–H groups in total. The van der Waals surface area contributed by atoms with E-state index in [-0.39, 0.29) is 12.5 Å². The van der Waals surface area contributed by atoms with Gasteiger partial charge in [-0.3, -0.25) is 4.90 Å². The molecule has 19 heavy (non-hydrogen) atoms. The Morgan fingerprint density at radius 1 is 1.37 bits per heavy atom. The molecule has 1 unspecified atom stereocenters. The molecule has 3 nitrogen and oxygen atoms in total. The highest BCUT2D eigenvalue weighted by Gasteiger charge is 2.27. The van der Waals surface area contributed by atoms with Crippen molar-refractivity contribution in [2.75, 3.05) is 19.7 Å². The van der Waals surface area contributed by atoms with Gasteiger partial charge in [0, 0.05) is 25.0 Å². The molecule has 1 aromatic rings. The Morgan fingerprint density at radius 2 is 2.05 bits per heavy atom. The van der Waals surface area contributed by atoms with Gasteiger partial charge in [0.25, 0.3) is 0 Å². The van der Waals surface area contributed by atoms with Crippen LogP contribution in [0.1, 0.15) is 30.7 Å². The van der Waals surface area contributed by atoms with Gasteiger partial charge in [-0.1, -0.05) is 49.0 Å². The Labute approximate surface area is 120 Å². The lowest BCUT2D eigenvalue weighted by atomic mass is 9.89. The quantitative estimate of drug-likeness (QED) is 0.748. The molecule has 1 saturated carbocycles. The van der Waals surface area contributed by atoms with Gasteiger partial charge in [-0.25, -0.2) is 0 Å². The van der Waals surface area contributed by atoms with Crippen LogP contribution in [0.4, 0.5) is 0 Å². The number of nitrogens with two attached hydrogens (primary N) is 1. The number of aliphatic hydroxyl groups excluding tert-OH is 1. The molecule has 0 spiro atoms. The highest BCUT2D eigenvalue weighted by atomic mass is 32.1. The highest BCUT2D eigenvalue weighted by molar-refractivity contribution is 7.80. The monoisotopic (exact) mass is 278 g/mol. The lowest BCUT2D eigenvalue weighted by Crippen LogP contribution is -2.45. The van der Waals surface area contributed by atoms with Crippen LogP contribution in [0.5, 0.6) is 0 Å². The van der Waals surface area contributed by atoms with Crippen LogP contribution < -0.4 is 5.73 Å². The first-order chi connectivity index (χ1) is 9.22. The SMILES string of the molecule is NC(=S)C(CN(CCO)C1CCC1)c1ccccc1. The van der Waals surface area contributed by atoms with E-state index in [9.17, 15) is 5.11 Å². The van der Waals surface area contributed by atoms with Crippen molar-refractivity contribution in [2.24, 2.45) is 5.73 Å². The number of hydrogen-bond acceptors (Lipinski definition) is 3. The molecule has 1 aliphatic carbocycles. The molecule has 0 aromatic heterocycles. The minimum absolute atomic E-state index is 0.0725. The predicted molar refractivity (Wildman–Crippen MR) is 82.3 cm³/mol. The van der Waals surface area contributed by atoms with Crippen molar-refractivity contribution in [2.45, 2.75) is 31.2 Å². The molecule has 104 valence electrons. The third kappa shape index (κ3) is 3.75. The summed E-state index contributed by atoms with van der Waals surface area (Å²) in [4.78, 5) is 2.87. The Kier molecular flexibility index (Phi) is 5.31. The fraction of sp³-hybridized carbons (Fsp3) is 0.533. The zero-order valence-corrected chi connectivity index (χ0v) is 12.0. The van der Waals surface area contributed by atoms with Crippen LogP contribution in [-0.2, 0) is 0 Å². The molecule has 0 heterocycles. The third-order valence-corrected chi connectivity index (χ3v) is 4.23. The van der Waals surface area contributed by atoms with E-state index in [2.05, 4.69) is 17.0 Å². The number of nitrogens with zero attached hydrogens (tertiary/aromatic N) is 1. The van der Waals surface area contributed by atoms with Crippen LogP contribution >= 0.6 is 12.2 Å². The van der Waals surface area contributed by atoms with Gasteiger partial charge in [0.2, 0.25) is 0 Å². The summed E-state index contributed by atoms with van der Waals surface area (Å²) in [5.74, 6) is 0.0725. The van der Waals surface area contributed by atoms with Crippen LogP contribution in [0, 0.1) is 0 Å². The molecule has 1 aromatic carbocycles. The van der Waals surface area contributed by atoms with Crippen molar-refractivity contribution in [1.82, 2.24) is 4.90 Å². The maximum absolute atomic E-state index is 9.22. The number of thiocarbonyl (C=S) groups is 1. The lowest BCUT2D eigenvalue weighted by Gasteiger charge is -2.39. The van der Waals surface area contributed by atoms with Crippen molar-refractivity contribution < 1.29 is 5.11 Å². The second-order valence-corrected chi connectivity index (χ2v) is 5.64. The molecule has 0 amide bonds. The van der Waals surface area contributed by atoms with Crippen molar-refractivity contribution in [3.63, 3.8) is 0 Å². The summed E-state index contributed by atoms with van der Waals surface area (Å²) < 4.78 is 0. The van der Waals surface area contributed by atoms with E-state index in [1.54, 1.807) is 0 Å². The molecule has 2 rings (SSSR count). The largest absolute Gasteiger partial charge is 0.395 e. The van der Waals surface area contributed by atoms with Gasteiger partial charge in [0.15, 0.2) is 0 Å². The van der Waals surface area contributed by atoms with Gasteiger partial charge < -0.3 is 10.8 Å². The Balaban J connectivity index is 2.08. The maximum atomic E-state index is 9.22. The maximum Gasteiger partial charge on any atom is 0.0816 e. The number of hydrogen-bond donors (Lipinski definition) is 2. The Morgan fingerprint density at radius 3 is 2.53 bits per heavy atom. The summed E-state index contributed by atoms with van der Waals surface area (Å²) in [6.07, 6.45) is 3.73. The first-order valence-electron chi connectivity index (χ1n) is 6.91. The van der Waals surface area contributed by atoms with E-state index in [1.165, 1.54) is 19.3 Å². The van der Waals surface area contributed by atoms with Crippen molar-refractivity contribution in [3.8, 4) is 0 Å². The highest BCUT2D eigenvalue weighted by Crippen LogP contribution is 2.27. The summed E-state index contributed by atoms with van der Waals surface area (Å²) in [6, 6.07) is 10.8. The van der Waals surface area contributed by atoms with E-state index in [4.69, 9.17) is 18.0 Å². The van der Waals surface area contributed by atoms with Gasteiger partial charge in [0.05, 0.1) is 11.6 Å². The van der Waals surface area contributed by atoms with Crippen LogP contribution in [0.25, 0.3) is 0 Å². The minimum Gasteiger partial charge on any atom is -0.395 e. The Hall–Kier alpha value is -0.970. The molecule has 0 saturated heterocycles.